The van der Waals surface area contributed by atoms with Gasteiger partial charge in [-0.3, -0.25) is 4.79 Å². The Kier molecular flexibility index (Phi) is 3.81. The molecule has 1 saturated carbocycles. The Morgan fingerprint density at radius 2 is 2.00 bits per heavy atom. The van der Waals surface area contributed by atoms with Gasteiger partial charge in [0.05, 0.1) is 0 Å². The average Bonchev–Trinajstić information content (AvgIpc) is 3.04. The highest BCUT2D eigenvalue weighted by molar-refractivity contribution is 5.85. The predicted molar refractivity (Wildman–Crippen MR) is 75.1 cm³/mol. The summed E-state index contributed by atoms with van der Waals surface area (Å²) in [6.45, 7) is 0. The van der Waals surface area contributed by atoms with Crippen LogP contribution in [0.25, 0.3) is 0 Å². The van der Waals surface area contributed by atoms with Crippen LogP contribution in [0.2, 0.25) is 0 Å². The summed E-state index contributed by atoms with van der Waals surface area (Å²) < 4.78 is 0. The van der Waals surface area contributed by atoms with Crippen LogP contribution >= 0.6 is 0 Å². The number of carboxylic acids is 1. The molecular formula is C16H23NO3. The largest absolute Gasteiger partial charge is 0.480 e. The van der Waals surface area contributed by atoms with Crippen LogP contribution in [0.5, 0.6) is 0 Å². The van der Waals surface area contributed by atoms with Gasteiger partial charge in [0.25, 0.3) is 0 Å². The van der Waals surface area contributed by atoms with Crippen LogP contribution in [0.4, 0.5) is 0 Å². The molecule has 1 heterocycles. The van der Waals surface area contributed by atoms with Gasteiger partial charge in [0.15, 0.2) is 0 Å². The van der Waals surface area contributed by atoms with E-state index in [0.29, 0.717) is 24.7 Å². The zero-order valence-electron chi connectivity index (χ0n) is 11.8. The van der Waals surface area contributed by atoms with Crippen molar-refractivity contribution in [2.75, 3.05) is 0 Å². The van der Waals surface area contributed by atoms with Crippen LogP contribution in [0.15, 0.2) is 12.2 Å². The van der Waals surface area contributed by atoms with Crippen molar-refractivity contribution in [2.45, 2.75) is 63.5 Å². The first-order valence-corrected chi connectivity index (χ1v) is 7.87. The van der Waals surface area contributed by atoms with E-state index in [0.717, 1.165) is 32.1 Å². The molecule has 3 aliphatic rings. The van der Waals surface area contributed by atoms with E-state index in [1.54, 1.807) is 4.90 Å². The van der Waals surface area contributed by atoms with E-state index in [2.05, 4.69) is 12.2 Å². The lowest BCUT2D eigenvalue weighted by Crippen LogP contribution is -2.46. The molecule has 0 aromatic heterocycles. The summed E-state index contributed by atoms with van der Waals surface area (Å²) in [5, 5.41) is 9.43. The number of hydrogen-bond acceptors (Lipinski definition) is 2. The van der Waals surface area contributed by atoms with Gasteiger partial charge in [-0.2, -0.15) is 0 Å². The molecule has 3 rings (SSSR count). The number of carbonyl (C=O) groups excluding carboxylic acids is 1. The third-order valence-corrected chi connectivity index (χ3v) is 5.21. The summed E-state index contributed by atoms with van der Waals surface area (Å²) in [7, 11) is 0. The topological polar surface area (TPSA) is 57.6 Å². The van der Waals surface area contributed by atoms with Gasteiger partial charge < -0.3 is 10.0 Å². The molecule has 0 aromatic carbocycles. The molecule has 2 fully saturated rings. The zero-order chi connectivity index (χ0) is 14.1. The average molecular weight is 277 g/mol. The molecule has 0 unspecified atom stereocenters. The van der Waals surface area contributed by atoms with Gasteiger partial charge in [-0.25, -0.2) is 4.79 Å². The second kappa shape index (κ2) is 5.58. The second-order valence-corrected chi connectivity index (χ2v) is 6.47. The van der Waals surface area contributed by atoms with Crippen molar-refractivity contribution in [3.63, 3.8) is 0 Å². The van der Waals surface area contributed by atoms with E-state index in [1.807, 2.05) is 0 Å². The zero-order valence-corrected chi connectivity index (χ0v) is 11.8. The SMILES string of the molecule is O=C(O)[C@@H]1C[C@@H]2CCCC[C@H]2N1C(=O)C[C@H]1C=CCC1. The van der Waals surface area contributed by atoms with E-state index >= 15 is 0 Å². The number of likely N-dealkylation sites (tertiary alicyclic amines) is 1. The Morgan fingerprint density at radius 3 is 2.70 bits per heavy atom. The van der Waals surface area contributed by atoms with Gasteiger partial charge >= 0.3 is 5.97 Å². The van der Waals surface area contributed by atoms with Crippen molar-refractivity contribution in [1.82, 2.24) is 4.90 Å². The smallest absolute Gasteiger partial charge is 0.326 e. The maximum Gasteiger partial charge on any atom is 0.326 e. The van der Waals surface area contributed by atoms with E-state index in [-0.39, 0.29) is 11.9 Å². The maximum absolute atomic E-state index is 12.6. The highest BCUT2D eigenvalue weighted by atomic mass is 16.4. The Labute approximate surface area is 119 Å². The van der Waals surface area contributed by atoms with E-state index in [9.17, 15) is 14.7 Å². The minimum Gasteiger partial charge on any atom is -0.480 e. The molecule has 4 heteroatoms. The van der Waals surface area contributed by atoms with Crippen molar-refractivity contribution >= 4 is 11.9 Å². The minimum absolute atomic E-state index is 0.0587. The Hall–Kier alpha value is -1.32. The maximum atomic E-state index is 12.6. The van der Waals surface area contributed by atoms with E-state index in [1.165, 1.54) is 6.42 Å². The first kappa shape index (κ1) is 13.7. The van der Waals surface area contributed by atoms with Gasteiger partial charge in [0.1, 0.15) is 6.04 Å². The number of amides is 1. The van der Waals surface area contributed by atoms with E-state index < -0.39 is 12.0 Å². The predicted octanol–water partition coefficient (Wildman–Crippen LogP) is 2.59. The molecule has 1 amide bonds. The summed E-state index contributed by atoms with van der Waals surface area (Å²) in [6, 6.07) is -0.399. The summed E-state index contributed by atoms with van der Waals surface area (Å²) in [5.41, 5.74) is 0. The lowest BCUT2D eigenvalue weighted by molar-refractivity contribution is -0.150. The fourth-order valence-electron chi connectivity index (χ4n) is 4.23. The van der Waals surface area contributed by atoms with Gasteiger partial charge in [-0.05, 0) is 43.9 Å². The number of hydrogen-bond donors (Lipinski definition) is 1. The summed E-state index contributed by atoms with van der Waals surface area (Å²) in [5.74, 6) is -0.0365. The Balaban J connectivity index is 1.74. The lowest BCUT2D eigenvalue weighted by atomic mass is 9.84. The third kappa shape index (κ3) is 2.48. The molecule has 4 atom stereocenters. The quantitative estimate of drug-likeness (QED) is 0.807. The molecule has 1 N–H and O–H groups in total. The number of rotatable bonds is 3. The summed E-state index contributed by atoms with van der Waals surface area (Å²) in [6.07, 6.45) is 11.8. The van der Waals surface area contributed by atoms with Gasteiger partial charge in [0, 0.05) is 12.5 Å². The monoisotopic (exact) mass is 277 g/mol. The molecule has 0 bridgehead atoms. The van der Waals surface area contributed by atoms with Gasteiger partial charge in [-0.15, -0.1) is 0 Å². The fourth-order valence-corrected chi connectivity index (χ4v) is 4.23. The first-order valence-electron chi connectivity index (χ1n) is 7.87. The summed E-state index contributed by atoms with van der Waals surface area (Å²) in [4.78, 5) is 25.8. The molecule has 1 aliphatic heterocycles. The van der Waals surface area contributed by atoms with Crippen LogP contribution in [0, 0.1) is 11.8 Å². The van der Waals surface area contributed by atoms with Crippen LogP contribution in [-0.2, 0) is 9.59 Å². The number of allylic oxidation sites excluding steroid dienone is 2. The molecule has 0 spiro atoms. The second-order valence-electron chi connectivity index (χ2n) is 6.47. The first-order chi connectivity index (χ1) is 9.66. The van der Waals surface area contributed by atoms with E-state index in [4.69, 9.17) is 0 Å². The normalized spacial score (nSPS) is 36.1. The summed E-state index contributed by atoms with van der Waals surface area (Å²) >= 11 is 0. The molecule has 2 aliphatic carbocycles. The third-order valence-electron chi connectivity index (χ3n) is 5.21. The number of carbonyl (C=O) groups is 2. The van der Waals surface area contributed by atoms with Gasteiger partial charge in [-0.1, -0.05) is 25.0 Å². The molecule has 110 valence electrons. The molecule has 20 heavy (non-hydrogen) atoms. The van der Waals surface area contributed by atoms with Crippen LogP contribution < -0.4 is 0 Å². The fraction of sp³-hybridized carbons (Fsp3) is 0.750. The Bertz CT molecular complexity index is 431. The Morgan fingerprint density at radius 1 is 1.20 bits per heavy atom. The highest BCUT2D eigenvalue weighted by Gasteiger charge is 2.47. The lowest BCUT2D eigenvalue weighted by Gasteiger charge is -2.33. The number of nitrogens with zero attached hydrogens (tertiary/aromatic N) is 1. The van der Waals surface area contributed by atoms with Crippen LogP contribution in [0.1, 0.15) is 51.4 Å². The molecule has 4 nitrogen and oxygen atoms in total. The standard InChI is InChI=1S/C16H23NO3/c18-15(9-11-5-1-2-6-11)17-13-8-4-3-7-12(13)10-14(17)16(19)20/h1,5,11-14H,2-4,6-10H2,(H,19,20)/t11-,12-,13+,14-/m0/s1. The van der Waals surface area contributed by atoms with Crippen molar-refractivity contribution < 1.29 is 14.7 Å². The van der Waals surface area contributed by atoms with Crippen molar-refractivity contribution in [2.24, 2.45) is 11.8 Å². The highest BCUT2D eigenvalue weighted by Crippen LogP contribution is 2.40. The van der Waals surface area contributed by atoms with Crippen molar-refractivity contribution in [3.05, 3.63) is 12.2 Å². The molecule has 1 saturated heterocycles. The minimum atomic E-state index is -0.824. The molecular weight excluding hydrogens is 254 g/mol. The number of aliphatic carboxylic acids is 1. The molecule has 0 radical (unpaired) electrons. The number of fused-ring (bicyclic) bond motifs is 1. The van der Waals surface area contributed by atoms with Crippen LogP contribution in [0.3, 0.4) is 0 Å². The van der Waals surface area contributed by atoms with Gasteiger partial charge in [0.2, 0.25) is 5.91 Å². The van der Waals surface area contributed by atoms with Crippen molar-refractivity contribution in [3.8, 4) is 0 Å². The van der Waals surface area contributed by atoms with Crippen molar-refractivity contribution in [1.29, 1.82) is 0 Å². The molecule has 0 aromatic rings. The number of carboxylic acid groups (broad SMARTS) is 1. The van der Waals surface area contributed by atoms with Crippen LogP contribution in [-0.4, -0.2) is 34.0 Å².